The van der Waals surface area contributed by atoms with E-state index in [2.05, 4.69) is 4.98 Å². The maximum atomic E-state index is 11.5. The SMILES string of the molecule is CCOC(=O)c1coc(N2CCCN(C(C)=O)CC2)n1. The van der Waals surface area contributed by atoms with Crippen molar-refractivity contribution in [1.29, 1.82) is 0 Å². The molecule has 1 aliphatic rings. The van der Waals surface area contributed by atoms with Crippen LogP contribution in [-0.2, 0) is 9.53 Å². The molecule has 0 saturated carbocycles. The molecule has 0 aliphatic carbocycles. The summed E-state index contributed by atoms with van der Waals surface area (Å²) in [5.74, 6) is -0.408. The van der Waals surface area contributed by atoms with Gasteiger partial charge in [-0.3, -0.25) is 4.79 Å². The molecule has 0 bridgehead atoms. The van der Waals surface area contributed by atoms with Crippen LogP contribution in [0.25, 0.3) is 0 Å². The average Bonchev–Trinajstić information content (AvgIpc) is 2.77. The number of nitrogens with zero attached hydrogens (tertiary/aromatic N) is 3. The highest BCUT2D eigenvalue weighted by Crippen LogP contribution is 2.16. The van der Waals surface area contributed by atoms with Gasteiger partial charge in [0.25, 0.3) is 6.01 Å². The Labute approximate surface area is 117 Å². The van der Waals surface area contributed by atoms with Crippen molar-refractivity contribution in [3.63, 3.8) is 0 Å². The van der Waals surface area contributed by atoms with Crippen LogP contribution >= 0.6 is 0 Å². The van der Waals surface area contributed by atoms with E-state index in [1.54, 1.807) is 18.7 Å². The molecule has 0 N–H and O–H groups in total. The van der Waals surface area contributed by atoms with Crippen LogP contribution in [0.15, 0.2) is 10.7 Å². The Bertz CT molecular complexity index is 486. The van der Waals surface area contributed by atoms with E-state index in [-0.39, 0.29) is 11.6 Å². The molecule has 0 spiro atoms. The van der Waals surface area contributed by atoms with Gasteiger partial charge >= 0.3 is 5.97 Å². The van der Waals surface area contributed by atoms with Gasteiger partial charge in [-0.15, -0.1) is 0 Å². The number of carbonyl (C=O) groups excluding carboxylic acids is 2. The summed E-state index contributed by atoms with van der Waals surface area (Å²) in [7, 11) is 0. The van der Waals surface area contributed by atoms with Crippen LogP contribution in [0, 0.1) is 0 Å². The Morgan fingerprint density at radius 3 is 2.85 bits per heavy atom. The molecule has 1 amide bonds. The van der Waals surface area contributed by atoms with Gasteiger partial charge in [-0.1, -0.05) is 0 Å². The summed E-state index contributed by atoms with van der Waals surface area (Å²) < 4.78 is 10.2. The van der Waals surface area contributed by atoms with Gasteiger partial charge in [-0.2, -0.15) is 4.98 Å². The molecule has 2 heterocycles. The Morgan fingerprint density at radius 1 is 1.35 bits per heavy atom. The Kier molecular flexibility index (Phi) is 4.60. The van der Waals surface area contributed by atoms with Crippen molar-refractivity contribution in [1.82, 2.24) is 9.88 Å². The first-order valence-corrected chi connectivity index (χ1v) is 6.75. The highest BCUT2D eigenvalue weighted by atomic mass is 16.5. The summed E-state index contributed by atoms with van der Waals surface area (Å²) >= 11 is 0. The molecule has 7 nitrogen and oxygen atoms in total. The summed E-state index contributed by atoms with van der Waals surface area (Å²) in [6, 6.07) is 0.401. The first-order valence-electron chi connectivity index (χ1n) is 6.75. The van der Waals surface area contributed by atoms with E-state index in [0.29, 0.717) is 25.7 Å². The molecule has 110 valence electrons. The van der Waals surface area contributed by atoms with Gasteiger partial charge in [0.2, 0.25) is 5.91 Å². The lowest BCUT2D eigenvalue weighted by Crippen LogP contribution is -2.33. The Balaban J connectivity index is 2.01. The lowest BCUT2D eigenvalue weighted by molar-refractivity contribution is -0.128. The first kappa shape index (κ1) is 14.4. The number of hydrogen-bond acceptors (Lipinski definition) is 6. The number of amides is 1. The quantitative estimate of drug-likeness (QED) is 0.767. The summed E-state index contributed by atoms with van der Waals surface area (Å²) in [6.07, 6.45) is 2.15. The van der Waals surface area contributed by atoms with Crippen molar-refractivity contribution in [3.8, 4) is 0 Å². The summed E-state index contributed by atoms with van der Waals surface area (Å²) in [6.45, 7) is 6.36. The third-order valence-electron chi connectivity index (χ3n) is 3.19. The lowest BCUT2D eigenvalue weighted by atomic mass is 10.4. The summed E-state index contributed by atoms with van der Waals surface area (Å²) in [5, 5.41) is 0. The average molecular weight is 281 g/mol. The number of anilines is 1. The fraction of sp³-hybridized carbons (Fsp3) is 0.615. The normalized spacial score (nSPS) is 15.9. The smallest absolute Gasteiger partial charge is 0.360 e. The number of carbonyl (C=O) groups is 2. The molecule has 0 radical (unpaired) electrons. The van der Waals surface area contributed by atoms with Gasteiger partial charge in [0.1, 0.15) is 6.26 Å². The minimum atomic E-state index is -0.484. The molecular weight excluding hydrogens is 262 g/mol. The fourth-order valence-corrected chi connectivity index (χ4v) is 2.13. The molecule has 0 aromatic carbocycles. The van der Waals surface area contributed by atoms with E-state index in [1.807, 2.05) is 4.90 Å². The van der Waals surface area contributed by atoms with Crippen LogP contribution in [0.1, 0.15) is 30.8 Å². The van der Waals surface area contributed by atoms with Crippen molar-refractivity contribution in [2.24, 2.45) is 0 Å². The van der Waals surface area contributed by atoms with Crippen molar-refractivity contribution in [2.75, 3.05) is 37.7 Å². The first-order chi connectivity index (χ1) is 9.61. The fourth-order valence-electron chi connectivity index (χ4n) is 2.13. The van der Waals surface area contributed by atoms with Gasteiger partial charge < -0.3 is 19.0 Å². The topological polar surface area (TPSA) is 75.9 Å². The van der Waals surface area contributed by atoms with Crippen LogP contribution in [0.4, 0.5) is 6.01 Å². The number of esters is 1. The molecule has 2 rings (SSSR count). The molecule has 0 atom stereocenters. The van der Waals surface area contributed by atoms with Gasteiger partial charge in [0, 0.05) is 33.1 Å². The molecule has 1 aliphatic heterocycles. The number of rotatable bonds is 3. The maximum Gasteiger partial charge on any atom is 0.360 e. The maximum absolute atomic E-state index is 11.5. The molecule has 20 heavy (non-hydrogen) atoms. The van der Waals surface area contributed by atoms with Crippen LogP contribution in [0.5, 0.6) is 0 Å². The van der Waals surface area contributed by atoms with E-state index >= 15 is 0 Å². The zero-order chi connectivity index (χ0) is 14.5. The highest BCUT2D eigenvalue weighted by molar-refractivity contribution is 5.87. The Hall–Kier alpha value is -2.05. The molecule has 1 fully saturated rings. The van der Waals surface area contributed by atoms with E-state index in [0.717, 1.165) is 19.5 Å². The highest BCUT2D eigenvalue weighted by Gasteiger charge is 2.21. The second kappa shape index (κ2) is 6.40. The minimum absolute atomic E-state index is 0.0754. The molecular formula is C13H19N3O4. The van der Waals surface area contributed by atoms with Crippen LogP contribution in [0.2, 0.25) is 0 Å². The second-order valence-electron chi connectivity index (χ2n) is 4.58. The number of oxazole rings is 1. The molecule has 0 unspecified atom stereocenters. The largest absolute Gasteiger partial charge is 0.461 e. The van der Waals surface area contributed by atoms with Gasteiger partial charge in [-0.25, -0.2) is 4.79 Å². The van der Waals surface area contributed by atoms with Crippen LogP contribution in [-0.4, -0.2) is 54.5 Å². The van der Waals surface area contributed by atoms with Crippen molar-refractivity contribution in [3.05, 3.63) is 12.0 Å². The summed E-state index contributed by atoms with van der Waals surface area (Å²) in [4.78, 5) is 30.8. The number of ether oxygens (including phenoxy) is 1. The van der Waals surface area contributed by atoms with Gasteiger partial charge in [0.05, 0.1) is 6.61 Å². The van der Waals surface area contributed by atoms with Crippen LogP contribution < -0.4 is 4.90 Å². The third-order valence-corrected chi connectivity index (χ3v) is 3.19. The van der Waals surface area contributed by atoms with Crippen LogP contribution in [0.3, 0.4) is 0 Å². The zero-order valence-electron chi connectivity index (χ0n) is 11.8. The van der Waals surface area contributed by atoms with E-state index in [9.17, 15) is 9.59 Å². The van der Waals surface area contributed by atoms with Gasteiger partial charge in [0.15, 0.2) is 5.69 Å². The molecule has 1 aromatic rings. The number of aromatic nitrogens is 1. The Morgan fingerprint density at radius 2 is 2.15 bits per heavy atom. The van der Waals surface area contributed by atoms with Crippen molar-refractivity contribution >= 4 is 17.9 Å². The molecule has 1 aromatic heterocycles. The molecule has 7 heteroatoms. The zero-order valence-corrected chi connectivity index (χ0v) is 11.8. The monoisotopic (exact) mass is 281 g/mol. The summed E-state index contributed by atoms with van der Waals surface area (Å²) in [5.41, 5.74) is 0.175. The van der Waals surface area contributed by atoms with Gasteiger partial charge in [-0.05, 0) is 13.3 Å². The minimum Gasteiger partial charge on any atom is -0.461 e. The van der Waals surface area contributed by atoms with Crippen molar-refractivity contribution in [2.45, 2.75) is 20.3 Å². The van der Waals surface area contributed by atoms with E-state index in [4.69, 9.17) is 9.15 Å². The van der Waals surface area contributed by atoms with E-state index < -0.39 is 5.97 Å². The lowest BCUT2D eigenvalue weighted by Gasteiger charge is -2.19. The van der Waals surface area contributed by atoms with Crippen molar-refractivity contribution < 1.29 is 18.7 Å². The molecule has 1 saturated heterocycles. The predicted molar refractivity (Wildman–Crippen MR) is 71.5 cm³/mol. The standard InChI is InChI=1S/C13H19N3O4/c1-3-19-12(18)11-9-20-13(14-11)16-6-4-5-15(7-8-16)10(2)17/h9H,3-8H2,1-2H3. The predicted octanol–water partition coefficient (Wildman–Crippen LogP) is 0.910. The van der Waals surface area contributed by atoms with E-state index in [1.165, 1.54) is 6.26 Å². The third kappa shape index (κ3) is 3.28. The number of hydrogen-bond donors (Lipinski definition) is 0. The second-order valence-corrected chi connectivity index (χ2v) is 4.58.